The van der Waals surface area contributed by atoms with E-state index in [1.807, 2.05) is 0 Å². The van der Waals surface area contributed by atoms with Gasteiger partial charge in [0, 0.05) is 16.7 Å². The highest BCUT2D eigenvalue weighted by molar-refractivity contribution is 5.85. The number of carboxylic acids is 3. The predicted molar refractivity (Wildman–Crippen MR) is 221 cm³/mol. The molecule has 63 heavy (non-hydrogen) atoms. The van der Waals surface area contributed by atoms with Crippen LogP contribution in [0, 0.1) is 27.1 Å². The van der Waals surface area contributed by atoms with Crippen LogP contribution < -0.4 is 0 Å². The molecular formula is C37H78O26. The smallest absolute Gasteiger partial charge is 0.330 e. The third-order valence-electron chi connectivity index (χ3n) is 7.80. The molecule has 26 nitrogen and oxygen atoms in total. The fourth-order valence-corrected chi connectivity index (χ4v) is 1.50. The standard InChI is InChI=1S/5C5H12O4.3C4H6O2/c5*6-1-5(2-7,3-8)4-9;3*1-3(2)4(5)6/h5*6-9H,1-4H2;3*1H2,2H3,(H,5,6). The molecule has 382 valence electrons. The van der Waals surface area contributed by atoms with Gasteiger partial charge in [0.1, 0.15) is 0 Å². The minimum atomic E-state index is -1.11. The maximum absolute atomic E-state index is 9.60. The van der Waals surface area contributed by atoms with Gasteiger partial charge in [-0.3, -0.25) is 0 Å². The summed E-state index contributed by atoms with van der Waals surface area (Å²) in [5.74, 6) is -2.81. The van der Waals surface area contributed by atoms with Crippen LogP contribution in [0.4, 0.5) is 0 Å². The lowest BCUT2D eigenvalue weighted by Gasteiger charge is -2.23. The van der Waals surface area contributed by atoms with Crippen LogP contribution in [-0.2, 0) is 14.4 Å². The van der Waals surface area contributed by atoms with Gasteiger partial charge in [-0.05, 0) is 20.8 Å². The summed E-state index contributed by atoms with van der Waals surface area (Å²) in [6.07, 6.45) is 0. The van der Waals surface area contributed by atoms with Crippen molar-refractivity contribution in [3.8, 4) is 0 Å². The molecule has 0 atom stereocenters. The predicted octanol–water partition coefficient (Wildman–Crippen LogP) is -8.35. The van der Waals surface area contributed by atoms with Gasteiger partial charge in [-0.2, -0.15) is 0 Å². The molecule has 0 aliphatic heterocycles. The highest BCUT2D eigenvalue weighted by atomic mass is 16.4. The fourth-order valence-electron chi connectivity index (χ4n) is 1.50. The summed E-state index contributed by atoms with van der Waals surface area (Å²) in [5, 5.41) is 194. The van der Waals surface area contributed by atoms with Crippen LogP contribution in [0.25, 0.3) is 0 Å². The van der Waals surface area contributed by atoms with E-state index >= 15 is 0 Å². The van der Waals surface area contributed by atoms with Gasteiger partial charge in [0.2, 0.25) is 0 Å². The van der Waals surface area contributed by atoms with Gasteiger partial charge < -0.3 is 117 Å². The molecule has 0 amide bonds. The Kier molecular flexibility index (Phi) is 57.3. The van der Waals surface area contributed by atoms with Crippen molar-refractivity contribution in [2.75, 3.05) is 132 Å². The lowest BCUT2D eigenvalue weighted by Crippen LogP contribution is -2.37. The first-order chi connectivity index (χ1) is 29.1. The second-order valence-corrected chi connectivity index (χ2v) is 13.9. The van der Waals surface area contributed by atoms with E-state index in [2.05, 4.69) is 19.7 Å². The monoisotopic (exact) mass is 938 g/mol. The maximum atomic E-state index is 9.60. The summed E-state index contributed by atoms with van der Waals surface area (Å²) in [6.45, 7) is 5.68. The lowest BCUT2D eigenvalue weighted by atomic mass is 9.93. The van der Waals surface area contributed by atoms with Crippen molar-refractivity contribution in [2.24, 2.45) is 27.1 Å². The van der Waals surface area contributed by atoms with E-state index in [1.165, 1.54) is 20.8 Å². The van der Waals surface area contributed by atoms with Crippen LogP contribution in [-0.4, -0.2) is 267 Å². The van der Waals surface area contributed by atoms with Gasteiger partial charge in [-0.25, -0.2) is 14.4 Å². The van der Waals surface area contributed by atoms with Crippen molar-refractivity contribution in [3.63, 3.8) is 0 Å². The quantitative estimate of drug-likeness (QED) is 0.0423. The van der Waals surface area contributed by atoms with Gasteiger partial charge in [0.05, 0.1) is 159 Å². The Balaban J connectivity index is -0.0000000920. The zero-order valence-corrected chi connectivity index (χ0v) is 36.3. The second kappa shape index (κ2) is 46.8. The van der Waals surface area contributed by atoms with E-state index in [9.17, 15) is 14.4 Å². The number of hydrogen-bond donors (Lipinski definition) is 23. The van der Waals surface area contributed by atoms with Crippen molar-refractivity contribution in [3.05, 3.63) is 36.5 Å². The number of carboxylic acid groups (broad SMARTS) is 3. The largest absolute Gasteiger partial charge is 0.478 e. The van der Waals surface area contributed by atoms with Gasteiger partial charge in [-0.1, -0.05) is 19.7 Å². The minimum Gasteiger partial charge on any atom is -0.478 e. The molecule has 0 bridgehead atoms. The molecular weight excluding hydrogens is 860 g/mol. The minimum absolute atomic E-state index is 0.176. The molecule has 0 aromatic carbocycles. The fraction of sp³-hybridized carbons (Fsp3) is 0.757. The summed E-state index contributed by atoms with van der Waals surface area (Å²) in [4.78, 5) is 28.8. The average Bonchev–Trinajstić information content (AvgIpc) is 3.30. The number of rotatable bonds is 23. The summed E-state index contributed by atoms with van der Waals surface area (Å²) >= 11 is 0. The van der Waals surface area contributed by atoms with E-state index < -0.39 is 177 Å². The molecule has 0 spiro atoms. The van der Waals surface area contributed by atoms with E-state index in [0.29, 0.717) is 0 Å². The molecule has 0 aromatic rings. The third kappa shape index (κ3) is 40.1. The van der Waals surface area contributed by atoms with Gasteiger partial charge in [-0.15, -0.1) is 0 Å². The lowest BCUT2D eigenvalue weighted by molar-refractivity contribution is -0.133. The van der Waals surface area contributed by atoms with Crippen LogP contribution in [0.3, 0.4) is 0 Å². The SMILES string of the molecule is C=C(C)C(=O)O.C=C(C)C(=O)O.C=C(C)C(=O)O.OCC(CO)(CO)CO.OCC(CO)(CO)CO.OCC(CO)(CO)CO.OCC(CO)(CO)CO.OCC(CO)(CO)CO. The zero-order chi connectivity index (χ0) is 52.1. The molecule has 23 N–H and O–H groups in total. The molecule has 0 fully saturated rings. The van der Waals surface area contributed by atoms with E-state index in [1.54, 1.807) is 0 Å². The van der Waals surface area contributed by atoms with Crippen LogP contribution >= 0.6 is 0 Å². The molecule has 0 saturated carbocycles. The zero-order valence-electron chi connectivity index (χ0n) is 36.3. The van der Waals surface area contributed by atoms with Gasteiger partial charge in [0.25, 0.3) is 0 Å². The van der Waals surface area contributed by atoms with Gasteiger partial charge >= 0.3 is 17.9 Å². The van der Waals surface area contributed by atoms with Crippen molar-refractivity contribution < 1.29 is 132 Å². The molecule has 0 saturated heterocycles. The molecule has 26 heteroatoms. The maximum Gasteiger partial charge on any atom is 0.330 e. The Morgan fingerprint density at radius 2 is 0.302 bits per heavy atom. The summed E-state index contributed by atoms with van der Waals surface area (Å²) < 4.78 is 0. The normalized spacial score (nSPS) is 10.7. The van der Waals surface area contributed by atoms with E-state index in [-0.39, 0.29) is 16.7 Å². The Labute approximate surface area is 366 Å². The average molecular weight is 939 g/mol. The second-order valence-electron chi connectivity index (χ2n) is 13.9. The number of carbonyl (C=O) groups is 3. The molecule has 0 aliphatic carbocycles. The van der Waals surface area contributed by atoms with Crippen LogP contribution in [0.1, 0.15) is 20.8 Å². The molecule has 0 unspecified atom stereocenters. The van der Waals surface area contributed by atoms with Crippen LogP contribution in [0.5, 0.6) is 0 Å². The van der Waals surface area contributed by atoms with E-state index in [4.69, 9.17) is 117 Å². The van der Waals surface area contributed by atoms with Crippen molar-refractivity contribution >= 4 is 17.9 Å². The van der Waals surface area contributed by atoms with Crippen molar-refractivity contribution in [1.82, 2.24) is 0 Å². The number of aliphatic carboxylic acids is 3. The summed E-state index contributed by atoms with van der Waals surface area (Å²) in [7, 11) is 0. The van der Waals surface area contributed by atoms with Crippen LogP contribution in [0.2, 0.25) is 0 Å². The Bertz CT molecular complexity index is 816. The van der Waals surface area contributed by atoms with E-state index in [0.717, 1.165) is 0 Å². The Morgan fingerprint density at radius 1 is 0.254 bits per heavy atom. The van der Waals surface area contributed by atoms with Crippen molar-refractivity contribution in [1.29, 1.82) is 0 Å². The van der Waals surface area contributed by atoms with Gasteiger partial charge in [0.15, 0.2) is 0 Å². The first-order valence-electron chi connectivity index (χ1n) is 18.0. The molecule has 0 heterocycles. The number of aliphatic hydroxyl groups is 20. The summed E-state index contributed by atoms with van der Waals surface area (Å²) in [5.41, 5.74) is -5.03. The Morgan fingerprint density at radius 3 is 0.302 bits per heavy atom. The molecule has 0 radical (unpaired) electrons. The number of aliphatic hydroxyl groups excluding tert-OH is 20. The molecule has 0 aromatic heterocycles. The van der Waals surface area contributed by atoms with Crippen LogP contribution in [0.15, 0.2) is 36.5 Å². The first kappa shape index (κ1) is 77.1. The highest BCUT2D eigenvalue weighted by Crippen LogP contribution is 2.14. The third-order valence-corrected chi connectivity index (χ3v) is 7.80. The highest BCUT2D eigenvalue weighted by Gasteiger charge is 2.29. The Hall–Kier alpha value is -3.17. The summed E-state index contributed by atoms with van der Waals surface area (Å²) in [6, 6.07) is 0. The molecule has 0 rings (SSSR count). The van der Waals surface area contributed by atoms with Crippen molar-refractivity contribution in [2.45, 2.75) is 20.8 Å². The topological polar surface area (TPSA) is 517 Å². The number of hydrogen-bond acceptors (Lipinski definition) is 23. The first-order valence-corrected chi connectivity index (χ1v) is 18.0. The molecule has 0 aliphatic rings.